The molecule has 1 aromatic heterocycles. The van der Waals surface area contributed by atoms with Crippen LogP contribution in [0.4, 0.5) is 11.4 Å². The first kappa shape index (κ1) is 12.7. The quantitative estimate of drug-likeness (QED) is 0.673. The summed E-state index contributed by atoms with van der Waals surface area (Å²) in [5.41, 5.74) is 0.286. The minimum atomic E-state index is -0.870. The van der Waals surface area contributed by atoms with Crippen LogP contribution in [0, 0.1) is 16.0 Å². The number of carbonyl (C=O) groups is 1. The molecule has 0 spiro atoms. The smallest absolute Gasteiger partial charge is 0.311 e. The second kappa shape index (κ2) is 4.89. The van der Waals surface area contributed by atoms with Gasteiger partial charge in [0.25, 0.3) is 0 Å². The molecule has 0 amide bonds. The Morgan fingerprint density at radius 3 is 2.89 bits per heavy atom. The fraction of sp³-hybridized carbons (Fsp3) is 0.400. The molecule has 2 rings (SSSR count). The van der Waals surface area contributed by atoms with Crippen molar-refractivity contribution in [2.45, 2.75) is 6.42 Å². The van der Waals surface area contributed by atoms with Crippen molar-refractivity contribution in [3.63, 3.8) is 0 Å². The van der Waals surface area contributed by atoms with Gasteiger partial charge in [0.05, 0.1) is 15.3 Å². The van der Waals surface area contributed by atoms with Crippen molar-refractivity contribution in [3.8, 4) is 0 Å². The largest absolute Gasteiger partial charge is 0.481 e. The topological polar surface area (TPSA) is 96.6 Å². The average molecular weight is 316 g/mol. The van der Waals surface area contributed by atoms with E-state index < -0.39 is 16.8 Å². The highest BCUT2D eigenvalue weighted by Gasteiger charge is 2.32. The number of rotatable bonds is 3. The highest BCUT2D eigenvalue weighted by atomic mass is 79.9. The molecule has 0 radical (unpaired) electrons. The van der Waals surface area contributed by atoms with Crippen molar-refractivity contribution in [1.29, 1.82) is 0 Å². The van der Waals surface area contributed by atoms with Crippen LogP contribution in [0.2, 0.25) is 0 Å². The van der Waals surface area contributed by atoms with Crippen LogP contribution < -0.4 is 4.90 Å². The summed E-state index contributed by atoms with van der Waals surface area (Å²) in [5.74, 6) is -1.35. The van der Waals surface area contributed by atoms with Crippen molar-refractivity contribution in [1.82, 2.24) is 4.98 Å². The molecular formula is C10H10BrN3O4. The lowest BCUT2D eigenvalue weighted by Gasteiger charge is -2.18. The zero-order chi connectivity index (χ0) is 13.3. The van der Waals surface area contributed by atoms with Gasteiger partial charge in [0, 0.05) is 19.3 Å². The molecule has 2 heterocycles. The maximum atomic E-state index is 10.9. The number of hydrogen-bond acceptors (Lipinski definition) is 5. The fourth-order valence-electron chi connectivity index (χ4n) is 2.03. The van der Waals surface area contributed by atoms with Gasteiger partial charge in [-0.3, -0.25) is 19.9 Å². The summed E-state index contributed by atoms with van der Waals surface area (Å²) in [6, 6.07) is 0. The van der Waals surface area contributed by atoms with Gasteiger partial charge >= 0.3 is 11.7 Å². The zero-order valence-corrected chi connectivity index (χ0v) is 10.8. The van der Waals surface area contributed by atoms with Gasteiger partial charge in [-0.1, -0.05) is 0 Å². The molecule has 8 heteroatoms. The van der Waals surface area contributed by atoms with Crippen LogP contribution >= 0.6 is 15.9 Å². The van der Waals surface area contributed by atoms with E-state index in [2.05, 4.69) is 20.9 Å². The monoisotopic (exact) mass is 315 g/mol. The predicted octanol–water partition coefficient (Wildman–Crippen LogP) is 1.66. The molecule has 96 valence electrons. The van der Waals surface area contributed by atoms with Crippen LogP contribution in [0.5, 0.6) is 0 Å². The number of carboxylic acid groups (broad SMARTS) is 1. The number of aliphatic carboxylic acids is 1. The van der Waals surface area contributed by atoms with Crippen molar-refractivity contribution in [3.05, 3.63) is 27.0 Å². The summed E-state index contributed by atoms with van der Waals surface area (Å²) in [6.07, 6.45) is 3.13. The Bertz CT molecular complexity index is 508. The molecule has 1 unspecified atom stereocenters. The minimum Gasteiger partial charge on any atom is -0.481 e. The Morgan fingerprint density at radius 2 is 2.33 bits per heavy atom. The highest BCUT2D eigenvalue weighted by molar-refractivity contribution is 9.10. The third-order valence-corrected chi connectivity index (χ3v) is 3.48. The van der Waals surface area contributed by atoms with Crippen LogP contribution in [-0.4, -0.2) is 34.1 Å². The molecule has 0 bridgehead atoms. The van der Waals surface area contributed by atoms with E-state index in [0.29, 0.717) is 23.1 Å². The lowest BCUT2D eigenvalue weighted by atomic mass is 10.1. The number of nitro groups is 1. The lowest BCUT2D eigenvalue weighted by Crippen LogP contribution is -2.23. The summed E-state index contributed by atoms with van der Waals surface area (Å²) in [6.45, 7) is 0.763. The van der Waals surface area contributed by atoms with Crippen LogP contribution in [0.3, 0.4) is 0 Å². The van der Waals surface area contributed by atoms with Crippen LogP contribution in [-0.2, 0) is 4.79 Å². The Morgan fingerprint density at radius 1 is 1.61 bits per heavy atom. The maximum Gasteiger partial charge on any atom is 0.311 e. The van der Waals surface area contributed by atoms with E-state index in [-0.39, 0.29) is 12.2 Å². The molecule has 1 N–H and O–H groups in total. The van der Waals surface area contributed by atoms with Crippen molar-refractivity contribution < 1.29 is 14.8 Å². The summed E-state index contributed by atoms with van der Waals surface area (Å²) in [7, 11) is 0. The standard InChI is InChI=1S/C10H10BrN3O4/c11-7-3-12-4-8(14(17)18)9(7)13-2-1-6(5-13)10(15)16/h3-4,6H,1-2,5H2,(H,15,16). The van der Waals surface area contributed by atoms with Gasteiger partial charge in [0.15, 0.2) is 0 Å². The number of carboxylic acids is 1. The zero-order valence-electron chi connectivity index (χ0n) is 9.24. The van der Waals surface area contributed by atoms with Gasteiger partial charge in [0.1, 0.15) is 11.9 Å². The van der Waals surface area contributed by atoms with Crippen molar-refractivity contribution in [2.75, 3.05) is 18.0 Å². The summed E-state index contributed by atoms with van der Waals surface area (Å²) >= 11 is 3.23. The number of anilines is 1. The van der Waals surface area contributed by atoms with Gasteiger partial charge in [-0.2, -0.15) is 0 Å². The second-order valence-electron chi connectivity index (χ2n) is 4.02. The lowest BCUT2D eigenvalue weighted by molar-refractivity contribution is -0.384. The van der Waals surface area contributed by atoms with Crippen LogP contribution in [0.1, 0.15) is 6.42 Å². The third-order valence-electron chi connectivity index (χ3n) is 2.90. The van der Waals surface area contributed by atoms with Crippen LogP contribution in [0.25, 0.3) is 0 Å². The highest BCUT2D eigenvalue weighted by Crippen LogP contribution is 2.37. The Balaban J connectivity index is 2.34. The number of halogens is 1. The van der Waals surface area contributed by atoms with Crippen LogP contribution in [0.15, 0.2) is 16.9 Å². The van der Waals surface area contributed by atoms with E-state index in [1.165, 1.54) is 12.4 Å². The van der Waals surface area contributed by atoms with Gasteiger partial charge in [-0.25, -0.2) is 0 Å². The molecular weight excluding hydrogens is 306 g/mol. The van der Waals surface area contributed by atoms with E-state index in [1.54, 1.807) is 4.90 Å². The van der Waals surface area contributed by atoms with Gasteiger partial charge < -0.3 is 10.0 Å². The molecule has 1 aliphatic heterocycles. The Labute approximate surface area is 111 Å². The molecule has 1 aromatic rings. The first-order valence-electron chi connectivity index (χ1n) is 5.26. The summed E-state index contributed by atoms with van der Waals surface area (Å²) in [5, 5.41) is 19.9. The SMILES string of the molecule is O=C(O)C1CCN(c2c(Br)cncc2[N+](=O)[O-])C1. The molecule has 0 aromatic carbocycles. The Hall–Kier alpha value is -1.70. The van der Waals surface area contributed by atoms with E-state index in [4.69, 9.17) is 5.11 Å². The van der Waals surface area contributed by atoms with E-state index >= 15 is 0 Å². The van der Waals surface area contributed by atoms with Crippen molar-refractivity contribution in [2.24, 2.45) is 5.92 Å². The third kappa shape index (κ3) is 2.28. The summed E-state index contributed by atoms with van der Waals surface area (Å²) < 4.78 is 0.503. The Kier molecular flexibility index (Phi) is 3.46. The molecule has 0 aliphatic carbocycles. The number of aromatic nitrogens is 1. The predicted molar refractivity (Wildman–Crippen MR) is 66.5 cm³/mol. The molecule has 0 saturated carbocycles. The average Bonchev–Trinajstić information content (AvgIpc) is 2.77. The fourth-order valence-corrected chi connectivity index (χ4v) is 2.60. The van der Waals surface area contributed by atoms with E-state index in [9.17, 15) is 14.9 Å². The first-order chi connectivity index (χ1) is 8.50. The molecule has 1 saturated heterocycles. The second-order valence-corrected chi connectivity index (χ2v) is 4.87. The number of nitrogens with zero attached hydrogens (tertiary/aromatic N) is 3. The number of hydrogen-bond donors (Lipinski definition) is 1. The molecule has 18 heavy (non-hydrogen) atoms. The van der Waals surface area contributed by atoms with Gasteiger partial charge in [-0.15, -0.1) is 0 Å². The van der Waals surface area contributed by atoms with Gasteiger partial charge in [0.2, 0.25) is 0 Å². The maximum absolute atomic E-state index is 10.9. The minimum absolute atomic E-state index is 0.115. The molecule has 1 atom stereocenters. The number of pyridine rings is 1. The molecule has 7 nitrogen and oxygen atoms in total. The van der Waals surface area contributed by atoms with Crippen molar-refractivity contribution >= 4 is 33.3 Å². The van der Waals surface area contributed by atoms with Gasteiger partial charge in [-0.05, 0) is 22.4 Å². The molecule has 1 aliphatic rings. The summed E-state index contributed by atoms with van der Waals surface area (Å²) in [4.78, 5) is 26.8. The normalized spacial score (nSPS) is 18.9. The first-order valence-corrected chi connectivity index (χ1v) is 6.05. The van der Waals surface area contributed by atoms with E-state index in [0.717, 1.165) is 0 Å². The molecule has 1 fully saturated rings. The van der Waals surface area contributed by atoms with E-state index in [1.807, 2.05) is 0 Å².